The van der Waals surface area contributed by atoms with Crippen LogP contribution in [0.2, 0.25) is 0 Å². The number of hydrogen-bond acceptors (Lipinski definition) is 3. The zero-order valence-corrected chi connectivity index (χ0v) is 7.29. The normalized spacial score (nSPS) is 13.5. The third-order valence-corrected chi connectivity index (χ3v) is 1.50. The van der Waals surface area contributed by atoms with E-state index in [1.54, 1.807) is 0 Å². The predicted molar refractivity (Wildman–Crippen MR) is 43.4 cm³/mol. The SMILES string of the molecule is CCC(NCC(=O)O)N(C)C. The molecular weight excluding hydrogens is 144 g/mol. The van der Waals surface area contributed by atoms with Crippen LogP contribution in [0.4, 0.5) is 0 Å². The highest BCUT2D eigenvalue weighted by atomic mass is 16.4. The molecule has 0 aliphatic rings. The number of carboxylic acid groups (broad SMARTS) is 1. The molecule has 0 aliphatic heterocycles. The maximum Gasteiger partial charge on any atom is 0.317 e. The number of hydrogen-bond donors (Lipinski definition) is 2. The maximum atomic E-state index is 10.2. The third-order valence-electron chi connectivity index (χ3n) is 1.50. The molecule has 0 saturated heterocycles. The van der Waals surface area contributed by atoms with Crippen LogP contribution in [0, 0.1) is 0 Å². The van der Waals surface area contributed by atoms with Gasteiger partial charge in [0, 0.05) is 0 Å². The van der Waals surface area contributed by atoms with Crippen molar-refractivity contribution in [1.29, 1.82) is 0 Å². The smallest absolute Gasteiger partial charge is 0.317 e. The van der Waals surface area contributed by atoms with Crippen molar-refractivity contribution in [3.8, 4) is 0 Å². The van der Waals surface area contributed by atoms with Crippen molar-refractivity contribution in [3.05, 3.63) is 0 Å². The fourth-order valence-corrected chi connectivity index (χ4v) is 0.897. The predicted octanol–water partition coefficient (Wildman–Crippen LogP) is -0.0417. The molecule has 1 atom stereocenters. The first-order chi connectivity index (χ1) is 5.07. The highest BCUT2D eigenvalue weighted by Crippen LogP contribution is 1.92. The largest absolute Gasteiger partial charge is 0.480 e. The van der Waals surface area contributed by atoms with Gasteiger partial charge < -0.3 is 5.11 Å². The van der Waals surface area contributed by atoms with E-state index in [0.717, 1.165) is 6.42 Å². The fraction of sp³-hybridized carbons (Fsp3) is 0.857. The highest BCUT2D eigenvalue weighted by Gasteiger charge is 2.08. The fourth-order valence-electron chi connectivity index (χ4n) is 0.897. The Hall–Kier alpha value is -0.610. The molecule has 1 unspecified atom stereocenters. The van der Waals surface area contributed by atoms with Gasteiger partial charge in [0.2, 0.25) is 0 Å². The third kappa shape index (κ3) is 4.75. The number of carbonyl (C=O) groups is 1. The van der Waals surface area contributed by atoms with Crippen LogP contribution < -0.4 is 5.32 Å². The van der Waals surface area contributed by atoms with Crippen molar-refractivity contribution in [3.63, 3.8) is 0 Å². The summed E-state index contributed by atoms with van der Waals surface area (Å²) in [4.78, 5) is 12.1. The Labute approximate surface area is 67.2 Å². The molecule has 0 heterocycles. The van der Waals surface area contributed by atoms with Gasteiger partial charge in [-0.05, 0) is 20.5 Å². The summed E-state index contributed by atoms with van der Waals surface area (Å²) < 4.78 is 0. The minimum Gasteiger partial charge on any atom is -0.480 e. The summed E-state index contributed by atoms with van der Waals surface area (Å²) >= 11 is 0. The molecule has 0 bridgehead atoms. The molecule has 0 aromatic rings. The van der Waals surface area contributed by atoms with Crippen molar-refractivity contribution in [2.24, 2.45) is 0 Å². The van der Waals surface area contributed by atoms with Crippen LogP contribution in [0.5, 0.6) is 0 Å². The Balaban J connectivity index is 3.61. The molecular formula is C7H16N2O2. The summed E-state index contributed by atoms with van der Waals surface area (Å²) in [6, 6.07) is 0. The van der Waals surface area contributed by atoms with Crippen LogP contribution in [0.3, 0.4) is 0 Å². The Kier molecular flexibility index (Phi) is 4.81. The van der Waals surface area contributed by atoms with Crippen LogP contribution in [0.25, 0.3) is 0 Å². The van der Waals surface area contributed by atoms with Crippen molar-refractivity contribution >= 4 is 5.97 Å². The van der Waals surface area contributed by atoms with E-state index in [4.69, 9.17) is 5.11 Å². The van der Waals surface area contributed by atoms with Crippen molar-refractivity contribution in [2.45, 2.75) is 19.5 Å². The average Bonchev–Trinajstić information content (AvgIpc) is 1.87. The molecule has 0 aliphatic carbocycles. The van der Waals surface area contributed by atoms with Gasteiger partial charge in [0.15, 0.2) is 0 Å². The number of nitrogens with zero attached hydrogens (tertiary/aromatic N) is 1. The van der Waals surface area contributed by atoms with Gasteiger partial charge in [-0.2, -0.15) is 0 Å². The first kappa shape index (κ1) is 10.4. The highest BCUT2D eigenvalue weighted by molar-refractivity contribution is 5.69. The van der Waals surface area contributed by atoms with Gasteiger partial charge in [-0.3, -0.25) is 15.0 Å². The quantitative estimate of drug-likeness (QED) is 0.554. The second-order valence-electron chi connectivity index (χ2n) is 2.66. The summed E-state index contributed by atoms with van der Waals surface area (Å²) in [6.07, 6.45) is 1.06. The van der Waals surface area contributed by atoms with E-state index in [1.165, 1.54) is 0 Å². The zero-order chi connectivity index (χ0) is 8.85. The van der Waals surface area contributed by atoms with Crippen LogP contribution in [-0.4, -0.2) is 42.8 Å². The molecule has 0 fully saturated rings. The number of carboxylic acids is 1. The summed E-state index contributed by atoms with van der Waals surface area (Å²) in [6.45, 7) is 2.04. The Morgan fingerprint density at radius 2 is 2.18 bits per heavy atom. The van der Waals surface area contributed by atoms with E-state index in [0.29, 0.717) is 0 Å². The summed E-state index contributed by atoms with van der Waals surface area (Å²) in [5.41, 5.74) is 0. The first-order valence-electron chi connectivity index (χ1n) is 3.69. The Morgan fingerprint density at radius 1 is 1.64 bits per heavy atom. The monoisotopic (exact) mass is 160 g/mol. The molecule has 0 saturated carbocycles. The molecule has 11 heavy (non-hydrogen) atoms. The maximum absolute atomic E-state index is 10.2. The van der Waals surface area contributed by atoms with Gasteiger partial charge in [0.1, 0.15) is 0 Å². The molecule has 66 valence electrons. The van der Waals surface area contributed by atoms with Crippen LogP contribution in [0.1, 0.15) is 13.3 Å². The average molecular weight is 160 g/mol. The lowest BCUT2D eigenvalue weighted by atomic mass is 10.3. The Morgan fingerprint density at radius 3 is 2.45 bits per heavy atom. The molecule has 0 amide bonds. The second-order valence-corrected chi connectivity index (χ2v) is 2.66. The minimum absolute atomic E-state index is 0.0245. The van der Waals surface area contributed by atoms with Crippen LogP contribution in [-0.2, 0) is 4.79 Å². The first-order valence-corrected chi connectivity index (χ1v) is 3.69. The molecule has 0 aromatic heterocycles. The second kappa shape index (κ2) is 5.09. The van der Waals surface area contributed by atoms with Crippen LogP contribution in [0.15, 0.2) is 0 Å². The molecule has 4 heteroatoms. The lowest BCUT2D eigenvalue weighted by molar-refractivity contribution is -0.136. The summed E-state index contributed by atoms with van der Waals surface area (Å²) in [5, 5.41) is 11.3. The van der Waals surface area contributed by atoms with Gasteiger partial charge >= 0.3 is 5.97 Å². The molecule has 0 spiro atoms. The van der Waals surface area contributed by atoms with E-state index in [2.05, 4.69) is 5.32 Å². The lowest BCUT2D eigenvalue weighted by Gasteiger charge is -2.22. The van der Waals surface area contributed by atoms with Crippen molar-refractivity contribution < 1.29 is 9.90 Å². The molecule has 2 N–H and O–H groups in total. The van der Waals surface area contributed by atoms with Crippen molar-refractivity contribution in [2.75, 3.05) is 20.6 Å². The van der Waals surface area contributed by atoms with Gasteiger partial charge in [0.25, 0.3) is 0 Å². The molecule has 0 aromatic carbocycles. The summed E-state index contributed by atoms with van der Waals surface area (Å²) in [5.74, 6) is -0.815. The zero-order valence-electron chi connectivity index (χ0n) is 7.29. The van der Waals surface area contributed by atoms with Gasteiger partial charge in [-0.1, -0.05) is 6.92 Å². The van der Waals surface area contributed by atoms with E-state index in [1.807, 2.05) is 25.9 Å². The minimum atomic E-state index is -0.815. The van der Waals surface area contributed by atoms with Crippen molar-refractivity contribution in [1.82, 2.24) is 10.2 Å². The van der Waals surface area contributed by atoms with E-state index < -0.39 is 5.97 Å². The lowest BCUT2D eigenvalue weighted by Crippen LogP contribution is -2.43. The number of rotatable bonds is 5. The van der Waals surface area contributed by atoms with Crippen LogP contribution >= 0.6 is 0 Å². The van der Waals surface area contributed by atoms with E-state index >= 15 is 0 Å². The van der Waals surface area contributed by atoms with Gasteiger partial charge in [0.05, 0.1) is 12.7 Å². The van der Waals surface area contributed by atoms with Gasteiger partial charge in [-0.15, -0.1) is 0 Å². The molecule has 0 radical (unpaired) electrons. The topological polar surface area (TPSA) is 52.6 Å². The molecule has 0 rings (SSSR count). The Bertz CT molecular complexity index is 126. The standard InChI is InChI=1S/C7H16N2O2/c1-4-6(9(2)3)8-5-7(10)11/h6,8H,4-5H2,1-3H3,(H,10,11). The number of aliphatic carboxylic acids is 1. The van der Waals surface area contributed by atoms with E-state index in [-0.39, 0.29) is 12.7 Å². The van der Waals surface area contributed by atoms with E-state index in [9.17, 15) is 4.79 Å². The molecule has 4 nitrogen and oxygen atoms in total. The number of nitrogens with one attached hydrogen (secondary N) is 1. The van der Waals surface area contributed by atoms with Gasteiger partial charge in [-0.25, -0.2) is 0 Å². The summed E-state index contributed by atoms with van der Waals surface area (Å²) in [7, 11) is 3.84.